The lowest BCUT2D eigenvalue weighted by atomic mass is 10.3. The first kappa shape index (κ1) is 13.0. The lowest BCUT2D eigenvalue weighted by Gasteiger charge is -2.22. The summed E-state index contributed by atoms with van der Waals surface area (Å²) in [5.41, 5.74) is 0.850. The van der Waals surface area contributed by atoms with E-state index in [2.05, 4.69) is 10.4 Å². The SMILES string of the molecule is Cn1nc(C(=O)O)cc1CNCC1(C)OCCO1. The van der Waals surface area contributed by atoms with Crippen molar-refractivity contribution in [3.8, 4) is 0 Å². The summed E-state index contributed by atoms with van der Waals surface area (Å²) in [6, 6.07) is 1.55. The van der Waals surface area contributed by atoms with Crippen LogP contribution in [0.1, 0.15) is 23.1 Å². The van der Waals surface area contributed by atoms with Gasteiger partial charge in [0.15, 0.2) is 11.5 Å². The second kappa shape index (κ2) is 5.05. The van der Waals surface area contributed by atoms with Crippen LogP contribution in [-0.2, 0) is 23.1 Å². The number of carboxylic acid groups (broad SMARTS) is 1. The summed E-state index contributed by atoms with van der Waals surface area (Å²) in [7, 11) is 1.72. The zero-order valence-electron chi connectivity index (χ0n) is 10.5. The molecule has 0 radical (unpaired) electrons. The van der Waals surface area contributed by atoms with Crippen molar-refractivity contribution >= 4 is 5.97 Å². The molecule has 18 heavy (non-hydrogen) atoms. The highest BCUT2D eigenvalue weighted by molar-refractivity contribution is 5.85. The van der Waals surface area contributed by atoms with E-state index in [1.165, 1.54) is 0 Å². The molecule has 2 N–H and O–H groups in total. The predicted molar refractivity (Wildman–Crippen MR) is 62.2 cm³/mol. The van der Waals surface area contributed by atoms with Gasteiger partial charge in [0, 0.05) is 20.1 Å². The molecule has 7 nitrogen and oxygen atoms in total. The van der Waals surface area contributed by atoms with Crippen molar-refractivity contribution in [3.05, 3.63) is 17.5 Å². The standard InChI is InChI=1S/C11H17N3O4/c1-11(17-3-4-18-11)7-12-6-8-5-9(10(15)16)13-14(8)2/h5,12H,3-4,6-7H2,1-2H3,(H,15,16). The number of hydrogen-bond acceptors (Lipinski definition) is 5. The van der Waals surface area contributed by atoms with E-state index in [4.69, 9.17) is 14.6 Å². The van der Waals surface area contributed by atoms with E-state index in [1.54, 1.807) is 17.8 Å². The van der Waals surface area contributed by atoms with Crippen LogP contribution >= 0.6 is 0 Å². The number of aromatic carboxylic acids is 1. The molecule has 1 aromatic rings. The predicted octanol–water partition coefficient (Wildman–Crippen LogP) is -0.0291. The van der Waals surface area contributed by atoms with Crippen LogP contribution in [0.15, 0.2) is 6.07 Å². The van der Waals surface area contributed by atoms with Gasteiger partial charge in [-0.05, 0) is 13.0 Å². The number of carbonyl (C=O) groups is 1. The third-order valence-corrected chi connectivity index (χ3v) is 2.85. The molecular formula is C11H17N3O4. The van der Waals surface area contributed by atoms with Crippen molar-refractivity contribution in [2.45, 2.75) is 19.3 Å². The largest absolute Gasteiger partial charge is 0.476 e. The Morgan fingerprint density at radius 1 is 1.61 bits per heavy atom. The van der Waals surface area contributed by atoms with Crippen molar-refractivity contribution in [3.63, 3.8) is 0 Å². The van der Waals surface area contributed by atoms with Crippen LogP contribution in [0.4, 0.5) is 0 Å². The first-order valence-corrected chi connectivity index (χ1v) is 5.75. The van der Waals surface area contributed by atoms with E-state index in [-0.39, 0.29) is 5.69 Å². The number of aryl methyl sites for hydroxylation is 1. The highest BCUT2D eigenvalue weighted by atomic mass is 16.7. The number of hydrogen-bond donors (Lipinski definition) is 2. The minimum Gasteiger partial charge on any atom is -0.476 e. The summed E-state index contributed by atoms with van der Waals surface area (Å²) < 4.78 is 12.5. The third kappa shape index (κ3) is 2.87. The fraction of sp³-hybridized carbons (Fsp3) is 0.636. The molecule has 0 aromatic carbocycles. The average Bonchev–Trinajstić information content (AvgIpc) is 2.87. The molecule has 0 saturated carbocycles. The van der Waals surface area contributed by atoms with E-state index in [0.717, 1.165) is 5.69 Å². The van der Waals surface area contributed by atoms with Gasteiger partial charge in [-0.2, -0.15) is 5.10 Å². The Balaban J connectivity index is 1.88. The summed E-state index contributed by atoms with van der Waals surface area (Å²) in [5.74, 6) is -1.61. The number of carboxylic acids is 1. The Kier molecular flexibility index (Phi) is 3.65. The zero-order chi connectivity index (χ0) is 13.2. The van der Waals surface area contributed by atoms with Crippen molar-refractivity contribution in [2.75, 3.05) is 19.8 Å². The molecule has 0 aliphatic carbocycles. The molecule has 2 heterocycles. The second-order valence-electron chi connectivity index (χ2n) is 4.38. The molecule has 1 aliphatic rings. The van der Waals surface area contributed by atoms with Crippen LogP contribution < -0.4 is 5.32 Å². The van der Waals surface area contributed by atoms with E-state index in [0.29, 0.717) is 26.3 Å². The Hall–Kier alpha value is -1.44. The van der Waals surface area contributed by atoms with Gasteiger partial charge in [0.25, 0.3) is 0 Å². The molecule has 7 heteroatoms. The van der Waals surface area contributed by atoms with Gasteiger partial charge in [0.2, 0.25) is 0 Å². The minimum absolute atomic E-state index is 0.0499. The molecule has 1 aromatic heterocycles. The molecule has 0 atom stereocenters. The molecular weight excluding hydrogens is 238 g/mol. The van der Waals surface area contributed by atoms with E-state index in [9.17, 15) is 4.79 Å². The lowest BCUT2D eigenvalue weighted by molar-refractivity contribution is -0.138. The Bertz CT molecular complexity index is 437. The quantitative estimate of drug-likeness (QED) is 0.768. The van der Waals surface area contributed by atoms with Crippen LogP contribution in [0.25, 0.3) is 0 Å². The number of rotatable bonds is 5. The molecule has 100 valence electrons. The average molecular weight is 255 g/mol. The fourth-order valence-corrected chi connectivity index (χ4v) is 1.85. The Morgan fingerprint density at radius 2 is 2.28 bits per heavy atom. The monoisotopic (exact) mass is 255 g/mol. The molecule has 1 saturated heterocycles. The molecule has 1 aliphatic heterocycles. The first-order chi connectivity index (χ1) is 8.50. The van der Waals surface area contributed by atoms with Gasteiger partial charge in [-0.3, -0.25) is 4.68 Å². The van der Waals surface area contributed by atoms with Gasteiger partial charge >= 0.3 is 5.97 Å². The van der Waals surface area contributed by atoms with E-state index in [1.807, 2.05) is 6.92 Å². The fourth-order valence-electron chi connectivity index (χ4n) is 1.85. The van der Waals surface area contributed by atoms with Gasteiger partial charge < -0.3 is 19.9 Å². The van der Waals surface area contributed by atoms with E-state index < -0.39 is 11.8 Å². The van der Waals surface area contributed by atoms with Crippen LogP contribution in [0.2, 0.25) is 0 Å². The maximum Gasteiger partial charge on any atom is 0.356 e. The van der Waals surface area contributed by atoms with Crippen molar-refractivity contribution in [1.82, 2.24) is 15.1 Å². The van der Waals surface area contributed by atoms with Gasteiger partial charge in [-0.1, -0.05) is 0 Å². The van der Waals surface area contributed by atoms with Gasteiger partial charge in [0.05, 0.1) is 18.9 Å². The maximum absolute atomic E-state index is 10.8. The highest BCUT2D eigenvalue weighted by Crippen LogP contribution is 2.17. The van der Waals surface area contributed by atoms with Gasteiger partial charge in [-0.25, -0.2) is 4.79 Å². The van der Waals surface area contributed by atoms with Crippen LogP contribution in [-0.4, -0.2) is 46.4 Å². The minimum atomic E-state index is -1.02. The van der Waals surface area contributed by atoms with Gasteiger partial charge in [-0.15, -0.1) is 0 Å². The second-order valence-corrected chi connectivity index (χ2v) is 4.38. The summed E-state index contributed by atoms with van der Waals surface area (Å²) in [6.07, 6.45) is 0. The van der Waals surface area contributed by atoms with Crippen LogP contribution in [0.3, 0.4) is 0 Å². The van der Waals surface area contributed by atoms with Crippen molar-refractivity contribution < 1.29 is 19.4 Å². The maximum atomic E-state index is 10.8. The van der Waals surface area contributed by atoms with Crippen LogP contribution in [0, 0.1) is 0 Å². The molecule has 0 spiro atoms. The molecule has 0 amide bonds. The topological polar surface area (TPSA) is 85.6 Å². The van der Waals surface area contributed by atoms with Crippen molar-refractivity contribution in [1.29, 1.82) is 0 Å². The van der Waals surface area contributed by atoms with Crippen LogP contribution in [0.5, 0.6) is 0 Å². The van der Waals surface area contributed by atoms with Crippen molar-refractivity contribution in [2.24, 2.45) is 7.05 Å². The van der Waals surface area contributed by atoms with Gasteiger partial charge in [0.1, 0.15) is 0 Å². The molecule has 0 unspecified atom stereocenters. The number of aromatic nitrogens is 2. The first-order valence-electron chi connectivity index (χ1n) is 5.75. The number of nitrogens with one attached hydrogen (secondary N) is 1. The summed E-state index contributed by atoms with van der Waals surface area (Å²) in [5, 5.41) is 15.9. The summed E-state index contributed by atoms with van der Waals surface area (Å²) >= 11 is 0. The lowest BCUT2D eigenvalue weighted by Crippen LogP contribution is -2.38. The van der Waals surface area contributed by atoms with E-state index >= 15 is 0 Å². The third-order valence-electron chi connectivity index (χ3n) is 2.85. The molecule has 1 fully saturated rings. The molecule has 0 bridgehead atoms. The number of ether oxygens (including phenoxy) is 2. The zero-order valence-corrected chi connectivity index (χ0v) is 10.5. The molecule has 2 rings (SSSR count). The number of nitrogens with zero attached hydrogens (tertiary/aromatic N) is 2. The summed E-state index contributed by atoms with van der Waals surface area (Å²) in [6.45, 7) is 4.14. The highest BCUT2D eigenvalue weighted by Gasteiger charge is 2.30. The normalized spacial score (nSPS) is 18.1. The summed E-state index contributed by atoms with van der Waals surface area (Å²) in [4.78, 5) is 10.8. The Morgan fingerprint density at radius 3 is 2.83 bits per heavy atom. The Labute approximate surface area is 105 Å². The smallest absolute Gasteiger partial charge is 0.356 e.